The zero-order chi connectivity index (χ0) is 18.7. The van der Waals surface area contributed by atoms with E-state index in [-0.39, 0.29) is 24.0 Å². The molecule has 0 amide bonds. The Balaban J connectivity index is 0.00000261. The zero-order valence-electron chi connectivity index (χ0n) is 15.4. The molecule has 2 aromatic carbocycles. The molecule has 146 valence electrons. The lowest BCUT2D eigenvalue weighted by Gasteiger charge is -2.17. The molecule has 1 aromatic heterocycles. The number of imidazole rings is 1. The first-order valence-corrected chi connectivity index (χ1v) is 10.1. The molecule has 1 atom stereocenters. The number of nitrogens with two attached hydrogens (primary N) is 1. The third-order valence-corrected chi connectivity index (χ3v) is 5.53. The first-order valence-electron chi connectivity index (χ1n) is 8.62. The summed E-state index contributed by atoms with van der Waals surface area (Å²) in [6.07, 6.45) is 3.10. The van der Waals surface area contributed by atoms with Crippen LogP contribution in [-0.2, 0) is 16.6 Å². The van der Waals surface area contributed by atoms with E-state index in [9.17, 15) is 8.42 Å². The van der Waals surface area contributed by atoms with E-state index in [1.165, 1.54) is 0 Å². The van der Waals surface area contributed by atoms with Gasteiger partial charge in [-0.25, -0.2) is 18.1 Å². The molecule has 8 heteroatoms. The van der Waals surface area contributed by atoms with E-state index in [0.29, 0.717) is 12.5 Å². The fourth-order valence-corrected chi connectivity index (χ4v) is 4.11. The molecule has 3 rings (SSSR count). The van der Waals surface area contributed by atoms with E-state index in [1.807, 2.05) is 42.5 Å². The number of hydrogen-bond donors (Lipinski definition) is 2. The summed E-state index contributed by atoms with van der Waals surface area (Å²) in [5, 5.41) is 2.16. The van der Waals surface area contributed by atoms with Crippen molar-refractivity contribution in [3.05, 3.63) is 60.6 Å². The van der Waals surface area contributed by atoms with Crippen LogP contribution in [0.15, 0.2) is 60.0 Å². The highest BCUT2D eigenvalue weighted by Gasteiger charge is 2.23. The third-order valence-electron chi connectivity index (χ3n) is 4.17. The number of benzene rings is 2. The first-order chi connectivity index (χ1) is 12.4. The number of halogens is 1. The average Bonchev–Trinajstić information content (AvgIpc) is 3.08. The van der Waals surface area contributed by atoms with E-state index in [2.05, 4.69) is 23.6 Å². The number of hydrogen-bond acceptors (Lipinski definition) is 4. The molecule has 1 unspecified atom stereocenters. The van der Waals surface area contributed by atoms with Gasteiger partial charge in [-0.05, 0) is 28.3 Å². The van der Waals surface area contributed by atoms with Gasteiger partial charge >= 0.3 is 0 Å². The van der Waals surface area contributed by atoms with Crippen molar-refractivity contribution in [2.45, 2.75) is 31.5 Å². The number of nitrogens with zero attached hydrogens (tertiary/aromatic N) is 2. The van der Waals surface area contributed by atoms with Crippen molar-refractivity contribution in [1.29, 1.82) is 0 Å². The van der Waals surface area contributed by atoms with Gasteiger partial charge in [-0.3, -0.25) is 0 Å². The van der Waals surface area contributed by atoms with E-state index in [0.717, 1.165) is 16.3 Å². The number of fused-ring (bicyclic) bond motifs is 1. The first kappa shape index (κ1) is 21.4. The Morgan fingerprint density at radius 2 is 1.85 bits per heavy atom. The van der Waals surface area contributed by atoms with E-state index in [1.54, 1.807) is 17.1 Å². The number of nitrogens with one attached hydrogen (secondary N) is 1. The second kappa shape index (κ2) is 8.84. The maximum Gasteiger partial charge on any atom is 0.260 e. The van der Waals surface area contributed by atoms with Crippen molar-refractivity contribution in [3.8, 4) is 0 Å². The predicted octanol–water partition coefficient (Wildman–Crippen LogP) is 3.09. The summed E-state index contributed by atoms with van der Waals surface area (Å²) >= 11 is 0. The minimum absolute atomic E-state index is 0. The summed E-state index contributed by atoms with van der Waals surface area (Å²) in [5.41, 5.74) is 6.68. The quantitative estimate of drug-likeness (QED) is 0.628. The van der Waals surface area contributed by atoms with Crippen LogP contribution in [0.25, 0.3) is 10.8 Å². The SMILES string of the molecule is CC(C)Cn1cnc(S(=O)(=O)NC(CN)c2ccc3ccccc3c2)c1.Cl. The number of aromatic nitrogens is 2. The van der Waals surface area contributed by atoms with Gasteiger partial charge in [0.2, 0.25) is 0 Å². The molecule has 6 nitrogen and oxygen atoms in total. The van der Waals surface area contributed by atoms with Gasteiger partial charge in [-0.2, -0.15) is 0 Å². The summed E-state index contributed by atoms with van der Waals surface area (Å²) < 4.78 is 29.9. The number of rotatable bonds is 7. The highest BCUT2D eigenvalue weighted by Crippen LogP contribution is 2.21. The van der Waals surface area contributed by atoms with Crippen LogP contribution in [0.4, 0.5) is 0 Å². The van der Waals surface area contributed by atoms with Crippen molar-refractivity contribution in [3.63, 3.8) is 0 Å². The van der Waals surface area contributed by atoms with Crippen molar-refractivity contribution < 1.29 is 8.42 Å². The van der Waals surface area contributed by atoms with Crippen LogP contribution in [0.5, 0.6) is 0 Å². The van der Waals surface area contributed by atoms with E-state index >= 15 is 0 Å². The molecule has 0 aliphatic carbocycles. The second-order valence-corrected chi connectivity index (χ2v) is 8.48. The lowest BCUT2D eigenvalue weighted by Crippen LogP contribution is -2.33. The molecular weight excluding hydrogens is 384 g/mol. The minimum Gasteiger partial charge on any atom is -0.336 e. The Morgan fingerprint density at radius 1 is 1.15 bits per heavy atom. The Hall–Kier alpha value is -1.93. The van der Waals surface area contributed by atoms with Gasteiger partial charge in [0.05, 0.1) is 12.4 Å². The second-order valence-electron chi connectivity index (χ2n) is 6.82. The molecule has 0 saturated heterocycles. The van der Waals surface area contributed by atoms with Crippen molar-refractivity contribution in [1.82, 2.24) is 14.3 Å². The van der Waals surface area contributed by atoms with Crippen LogP contribution in [-0.4, -0.2) is 24.5 Å². The largest absolute Gasteiger partial charge is 0.336 e. The minimum atomic E-state index is -3.75. The van der Waals surface area contributed by atoms with Gasteiger partial charge < -0.3 is 10.3 Å². The van der Waals surface area contributed by atoms with Gasteiger partial charge in [-0.15, -0.1) is 12.4 Å². The fraction of sp³-hybridized carbons (Fsp3) is 0.316. The standard InChI is InChI=1S/C19H24N4O2S.ClH/c1-14(2)11-23-12-19(21-13-23)26(24,25)22-18(10-20)17-8-7-15-5-3-4-6-16(15)9-17;/h3-9,12-14,18,22H,10-11,20H2,1-2H3;1H. The normalized spacial score (nSPS) is 12.9. The molecule has 0 bridgehead atoms. The van der Waals surface area contributed by atoms with Crippen LogP contribution in [0.3, 0.4) is 0 Å². The predicted molar refractivity (Wildman–Crippen MR) is 110 cm³/mol. The Kier molecular flexibility index (Phi) is 7.00. The summed E-state index contributed by atoms with van der Waals surface area (Å²) in [4.78, 5) is 4.04. The summed E-state index contributed by atoms with van der Waals surface area (Å²) in [6, 6.07) is 13.3. The topological polar surface area (TPSA) is 90.0 Å². The molecule has 0 aliphatic rings. The molecule has 0 saturated carbocycles. The Bertz CT molecular complexity index is 1000. The summed E-state index contributed by atoms with van der Waals surface area (Å²) in [6.45, 7) is 5.00. The van der Waals surface area contributed by atoms with Gasteiger partial charge in [0.1, 0.15) is 0 Å². The highest BCUT2D eigenvalue weighted by molar-refractivity contribution is 7.89. The lowest BCUT2D eigenvalue weighted by molar-refractivity contribution is 0.521. The van der Waals surface area contributed by atoms with Crippen LogP contribution in [0, 0.1) is 5.92 Å². The maximum atomic E-state index is 12.7. The zero-order valence-corrected chi connectivity index (χ0v) is 17.0. The van der Waals surface area contributed by atoms with Crippen LogP contribution in [0.1, 0.15) is 25.5 Å². The molecule has 0 aliphatic heterocycles. The molecule has 0 radical (unpaired) electrons. The average molecular weight is 409 g/mol. The highest BCUT2D eigenvalue weighted by atomic mass is 35.5. The smallest absolute Gasteiger partial charge is 0.260 e. The van der Waals surface area contributed by atoms with Crippen molar-refractivity contribution in [2.75, 3.05) is 6.54 Å². The molecule has 0 fully saturated rings. The molecule has 27 heavy (non-hydrogen) atoms. The molecule has 0 spiro atoms. The van der Waals surface area contributed by atoms with Gasteiger partial charge in [0, 0.05) is 19.3 Å². The maximum absolute atomic E-state index is 12.7. The van der Waals surface area contributed by atoms with Crippen molar-refractivity contribution >= 4 is 33.2 Å². The fourth-order valence-electron chi connectivity index (χ4n) is 2.92. The third kappa shape index (κ3) is 5.07. The summed E-state index contributed by atoms with van der Waals surface area (Å²) in [7, 11) is -3.75. The van der Waals surface area contributed by atoms with E-state index in [4.69, 9.17) is 5.73 Å². The monoisotopic (exact) mass is 408 g/mol. The number of sulfonamides is 1. The van der Waals surface area contributed by atoms with Gasteiger partial charge in [-0.1, -0.05) is 50.2 Å². The summed E-state index contributed by atoms with van der Waals surface area (Å²) in [5.74, 6) is 0.405. The Morgan fingerprint density at radius 3 is 2.52 bits per heavy atom. The lowest BCUT2D eigenvalue weighted by atomic mass is 10.0. The molecule has 3 aromatic rings. The van der Waals surface area contributed by atoms with Gasteiger partial charge in [0.15, 0.2) is 5.03 Å². The van der Waals surface area contributed by atoms with E-state index < -0.39 is 16.1 Å². The Labute approximate surface area is 166 Å². The molecule has 3 N–H and O–H groups in total. The molecular formula is C19H25ClN4O2S. The van der Waals surface area contributed by atoms with Crippen LogP contribution < -0.4 is 10.5 Å². The van der Waals surface area contributed by atoms with Crippen molar-refractivity contribution in [2.24, 2.45) is 11.7 Å². The molecule has 1 heterocycles. The van der Waals surface area contributed by atoms with Crippen LogP contribution in [0.2, 0.25) is 0 Å². The van der Waals surface area contributed by atoms with Gasteiger partial charge in [0.25, 0.3) is 10.0 Å². The van der Waals surface area contributed by atoms with Crippen LogP contribution >= 0.6 is 12.4 Å².